The SMILES string of the molecule is C[C@H](NC(=O)c1csc(N)n1)c1ccc(Cl)cc1. The van der Waals surface area contributed by atoms with Gasteiger partial charge in [-0.2, -0.15) is 0 Å². The van der Waals surface area contributed by atoms with Crippen LogP contribution in [0.5, 0.6) is 0 Å². The highest BCUT2D eigenvalue weighted by Gasteiger charge is 2.13. The monoisotopic (exact) mass is 281 g/mol. The third-order valence-corrected chi connectivity index (χ3v) is 3.40. The molecule has 0 fully saturated rings. The second kappa shape index (κ2) is 5.37. The van der Waals surface area contributed by atoms with Gasteiger partial charge in [-0.25, -0.2) is 4.98 Å². The van der Waals surface area contributed by atoms with E-state index >= 15 is 0 Å². The van der Waals surface area contributed by atoms with Gasteiger partial charge in [-0.15, -0.1) is 11.3 Å². The van der Waals surface area contributed by atoms with Gasteiger partial charge < -0.3 is 11.1 Å². The summed E-state index contributed by atoms with van der Waals surface area (Å²) in [5.41, 5.74) is 6.82. The lowest BCUT2D eigenvalue weighted by atomic mass is 10.1. The number of carbonyl (C=O) groups is 1. The van der Waals surface area contributed by atoms with E-state index in [1.54, 1.807) is 17.5 Å². The summed E-state index contributed by atoms with van der Waals surface area (Å²) in [5, 5.41) is 5.55. The lowest BCUT2D eigenvalue weighted by Gasteiger charge is -2.13. The summed E-state index contributed by atoms with van der Waals surface area (Å²) in [6.07, 6.45) is 0. The summed E-state index contributed by atoms with van der Waals surface area (Å²) < 4.78 is 0. The minimum Gasteiger partial charge on any atom is -0.375 e. The highest BCUT2D eigenvalue weighted by atomic mass is 35.5. The van der Waals surface area contributed by atoms with Gasteiger partial charge in [0.15, 0.2) is 5.13 Å². The number of nitrogens with zero attached hydrogens (tertiary/aromatic N) is 1. The van der Waals surface area contributed by atoms with Crippen LogP contribution in [-0.2, 0) is 0 Å². The molecule has 0 saturated carbocycles. The number of aromatic nitrogens is 1. The van der Waals surface area contributed by atoms with Crippen LogP contribution in [0, 0.1) is 0 Å². The fraction of sp³-hybridized carbons (Fsp3) is 0.167. The first-order valence-electron chi connectivity index (χ1n) is 5.33. The Kier molecular flexibility index (Phi) is 3.84. The van der Waals surface area contributed by atoms with Crippen molar-refractivity contribution in [3.63, 3.8) is 0 Å². The molecule has 1 aromatic heterocycles. The summed E-state index contributed by atoms with van der Waals surface area (Å²) in [6, 6.07) is 7.23. The van der Waals surface area contributed by atoms with Gasteiger partial charge >= 0.3 is 0 Å². The molecule has 1 aromatic carbocycles. The molecule has 0 saturated heterocycles. The van der Waals surface area contributed by atoms with E-state index in [0.717, 1.165) is 5.56 Å². The molecule has 0 unspecified atom stereocenters. The van der Waals surface area contributed by atoms with Crippen LogP contribution < -0.4 is 11.1 Å². The zero-order chi connectivity index (χ0) is 13.1. The van der Waals surface area contributed by atoms with Gasteiger partial charge in [0, 0.05) is 10.4 Å². The number of carbonyl (C=O) groups excluding carboxylic acids is 1. The molecule has 0 radical (unpaired) electrons. The molecule has 0 bridgehead atoms. The third kappa shape index (κ3) is 3.00. The molecule has 2 rings (SSSR count). The topological polar surface area (TPSA) is 68.0 Å². The van der Waals surface area contributed by atoms with E-state index in [0.29, 0.717) is 15.8 Å². The number of nitrogen functional groups attached to an aromatic ring is 1. The first-order chi connectivity index (χ1) is 8.56. The van der Waals surface area contributed by atoms with E-state index in [-0.39, 0.29) is 11.9 Å². The molecule has 1 heterocycles. The Labute approximate surface area is 114 Å². The molecule has 18 heavy (non-hydrogen) atoms. The first-order valence-corrected chi connectivity index (χ1v) is 6.59. The van der Waals surface area contributed by atoms with Gasteiger partial charge in [-0.3, -0.25) is 4.79 Å². The number of rotatable bonds is 3. The zero-order valence-electron chi connectivity index (χ0n) is 9.68. The Hall–Kier alpha value is -1.59. The molecule has 0 aliphatic carbocycles. The van der Waals surface area contributed by atoms with Crippen LogP contribution in [0.2, 0.25) is 5.02 Å². The number of benzene rings is 1. The molecular weight excluding hydrogens is 270 g/mol. The lowest BCUT2D eigenvalue weighted by molar-refractivity contribution is 0.0935. The molecule has 3 N–H and O–H groups in total. The van der Waals surface area contributed by atoms with Crippen molar-refractivity contribution in [1.82, 2.24) is 10.3 Å². The molecular formula is C12H12ClN3OS. The van der Waals surface area contributed by atoms with E-state index in [4.69, 9.17) is 17.3 Å². The van der Waals surface area contributed by atoms with Gasteiger partial charge in [0.1, 0.15) is 5.69 Å². The molecule has 0 spiro atoms. The lowest BCUT2D eigenvalue weighted by Crippen LogP contribution is -2.26. The second-order valence-corrected chi connectivity index (χ2v) is 5.14. The molecule has 6 heteroatoms. The highest BCUT2D eigenvalue weighted by Crippen LogP contribution is 2.17. The number of nitrogens with two attached hydrogens (primary N) is 1. The van der Waals surface area contributed by atoms with E-state index < -0.39 is 0 Å². The fourth-order valence-electron chi connectivity index (χ4n) is 1.50. The van der Waals surface area contributed by atoms with E-state index in [1.807, 2.05) is 19.1 Å². The van der Waals surface area contributed by atoms with Crippen molar-refractivity contribution >= 4 is 34.0 Å². The van der Waals surface area contributed by atoms with Crippen molar-refractivity contribution in [2.24, 2.45) is 0 Å². The van der Waals surface area contributed by atoms with Crippen molar-refractivity contribution in [3.05, 3.63) is 45.9 Å². The number of anilines is 1. The van der Waals surface area contributed by atoms with Crippen LogP contribution in [0.25, 0.3) is 0 Å². The maximum Gasteiger partial charge on any atom is 0.271 e. The number of nitrogens with one attached hydrogen (secondary N) is 1. The largest absolute Gasteiger partial charge is 0.375 e. The zero-order valence-corrected chi connectivity index (χ0v) is 11.3. The number of thiazole rings is 1. The molecule has 0 aliphatic heterocycles. The fourth-order valence-corrected chi connectivity index (χ4v) is 2.17. The molecule has 1 amide bonds. The van der Waals surface area contributed by atoms with Crippen molar-refractivity contribution in [3.8, 4) is 0 Å². The van der Waals surface area contributed by atoms with Crippen molar-refractivity contribution in [2.45, 2.75) is 13.0 Å². The first kappa shape index (κ1) is 12.9. The van der Waals surface area contributed by atoms with Crippen molar-refractivity contribution in [2.75, 3.05) is 5.73 Å². The normalized spacial score (nSPS) is 12.1. The van der Waals surface area contributed by atoms with Crippen LogP contribution in [0.15, 0.2) is 29.6 Å². The minimum absolute atomic E-state index is 0.113. The van der Waals surface area contributed by atoms with E-state index in [2.05, 4.69) is 10.3 Å². The Morgan fingerprint density at radius 2 is 2.11 bits per heavy atom. The number of hydrogen-bond acceptors (Lipinski definition) is 4. The van der Waals surface area contributed by atoms with Gasteiger partial charge in [0.2, 0.25) is 0 Å². The molecule has 0 aliphatic rings. The Bertz CT molecular complexity index is 553. The van der Waals surface area contributed by atoms with Gasteiger partial charge in [0.25, 0.3) is 5.91 Å². The molecule has 4 nitrogen and oxygen atoms in total. The smallest absolute Gasteiger partial charge is 0.271 e. The average molecular weight is 282 g/mol. The third-order valence-electron chi connectivity index (χ3n) is 2.47. The quantitative estimate of drug-likeness (QED) is 0.909. The van der Waals surface area contributed by atoms with Crippen LogP contribution in [0.1, 0.15) is 29.0 Å². The average Bonchev–Trinajstić information content (AvgIpc) is 2.76. The Morgan fingerprint density at radius 3 is 2.67 bits per heavy atom. The van der Waals surface area contributed by atoms with Crippen LogP contribution in [-0.4, -0.2) is 10.9 Å². The second-order valence-electron chi connectivity index (χ2n) is 3.82. The summed E-state index contributed by atoms with van der Waals surface area (Å²) in [4.78, 5) is 15.8. The van der Waals surface area contributed by atoms with Gasteiger partial charge in [0.05, 0.1) is 6.04 Å². The maximum absolute atomic E-state index is 11.9. The highest BCUT2D eigenvalue weighted by molar-refractivity contribution is 7.13. The standard InChI is InChI=1S/C12H12ClN3OS/c1-7(8-2-4-9(13)5-3-8)15-11(17)10-6-18-12(14)16-10/h2-7H,1H3,(H2,14,16)(H,15,17)/t7-/m0/s1. The molecule has 94 valence electrons. The Balaban J connectivity index is 2.05. The van der Waals surface area contributed by atoms with E-state index in [1.165, 1.54) is 11.3 Å². The molecule has 1 atom stereocenters. The van der Waals surface area contributed by atoms with Crippen molar-refractivity contribution < 1.29 is 4.79 Å². The number of amides is 1. The summed E-state index contributed by atoms with van der Waals surface area (Å²) in [7, 11) is 0. The summed E-state index contributed by atoms with van der Waals surface area (Å²) in [5.74, 6) is -0.231. The van der Waals surface area contributed by atoms with E-state index in [9.17, 15) is 4.79 Å². The van der Waals surface area contributed by atoms with Gasteiger partial charge in [-0.05, 0) is 24.6 Å². The summed E-state index contributed by atoms with van der Waals surface area (Å²) >= 11 is 7.06. The molecule has 2 aromatic rings. The predicted molar refractivity (Wildman–Crippen MR) is 73.9 cm³/mol. The Morgan fingerprint density at radius 1 is 1.44 bits per heavy atom. The minimum atomic E-state index is -0.231. The van der Waals surface area contributed by atoms with Gasteiger partial charge in [-0.1, -0.05) is 23.7 Å². The predicted octanol–water partition coefficient (Wildman–Crippen LogP) is 2.87. The van der Waals surface area contributed by atoms with Crippen LogP contribution in [0.4, 0.5) is 5.13 Å². The van der Waals surface area contributed by atoms with Crippen LogP contribution >= 0.6 is 22.9 Å². The number of hydrogen-bond donors (Lipinski definition) is 2. The van der Waals surface area contributed by atoms with Crippen molar-refractivity contribution in [1.29, 1.82) is 0 Å². The van der Waals surface area contributed by atoms with Crippen LogP contribution in [0.3, 0.4) is 0 Å². The summed E-state index contributed by atoms with van der Waals surface area (Å²) in [6.45, 7) is 1.90. The number of halogens is 1. The maximum atomic E-state index is 11.9.